The fourth-order valence-electron chi connectivity index (χ4n) is 2.19. The van der Waals surface area contributed by atoms with Crippen molar-refractivity contribution in [2.24, 2.45) is 10.8 Å². The van der Waals surface area contributed by atoms with Gasteiger partial charge in [0.2, 0.25) is 11.8 Å². The van der Waals surface area contributed by atoms with Gasteiger partial charge in [0.1, 0.15) is 0 Å². The molecule has 1 saturated heterocycles. The Bertz CT molecular complexity index is 329. The van der Waals surface area contributed by atoms with Crippen molar-refractivity contribution in [2.75, 3.05) is 13.6 Å². The molecule has 0 saturated carbocycles. The summed E-state index contributed by atoms with van der Waals surface area (Å²) in [5, 5.41) is 3.19. The molecule has 1 unspecified atom stereocenters. The van der Waals surface area contributed by atoms with E-state index < -0.39 is 5.41 Å². The zero-order valence-corrected chi connectivity index (χ0v) is 11.8. The topological polar surface area (TPSA) is 49.4 Å². The Morgan fingerprint density at radius 3 is 2.18 bits per heavy atom. The first kappa shape index (κ1) is 14.2. The molecule has 2 amide bonds. The van der Waals surface area contributed by atoms with Crippen LogP contribution in [0.2, 0.25) is 0 Å². The second-order valence-corrected chi connectivity index (χ2v) is 6.58. The van der Waals surface area contributed by atoms with Crippen molar-refractivity contribution in [2.45, 2.75) is 47.1 Å². The minimum absolute atomic E-state index is 0.0159. The number of nitrogens with zero attached hydrogens (tertiary/aromatic N) is 1. The lowest BCUT2D eigenvalue weighted by Crippen LogP contribution is -2.49. The molecule has 1 fully saturated rings. The lowest BCUT2D eigenvalue weighted by Gasteiger charge is -2.33. The number of imide groups is 1. The molecule has 1 atom stereocenters. The summed E-state index contributed by atoms with van der Waals surface area (Å²) >= 11 is 0. The van der Waals surface area contributed by atoms with E-state index in [4.69, 9.17) is 0 Å². The fourth-order valence-corrected chi connectivity index (χ4v) is 2.19. The highest BCUT2D eigenvalue weighted by atomic mass is 16.2. The van der Waals surface area contributed by atoms with Gasteiger partial charge in [0.05, 0.1) is 5.41 Å². The molecule has 0 aromatic rings. The zero-order valence-electron chi connectivity index (χ0n) is 11.8. The van der Waals surface area contributed by atoms with Crippen LogP contribution in [0, 0.1) is 10.8 Å². The number of likely N-dealkylation sites (tertiary alicyclic amines) is 1. The standard InChI is InChI=1S/C13H24N2O2/c1-12(2,3)9(14-6)8-15-10(16)7-13(4,5)11(15)17/h9,14H,7-8H2,1-6H3. The average molecular weight is 240 g/mol. The Balaban J connectivity index is 2.82. The maximum absolute atomic E-state index is 12.1. The number of hydrogen-bond donors (Lipinski definition) is 1. The summed E-state index contributed by atoms with van der Waals surface area (Å²) in [7, 11) is 1.87. The second-order valence-electron chi connectivity index (χ2n) is 6.58. The van der Waals surface area contributed by atoms with Crippen LogP contribution in [-0.2, 0) is 9.59 Å². The van der Waals surface area contributed by atoms with Crippen LogP contribution < -0.4 is 5.32 Å². The Morgan fingerprint density at radius 1 is 1.35 bits per heavy atom. The van der Waals surface area contributed by atoms with Gasteiger partial charge in [-0.1, -0.05) is 34.6 Å². The first-order chi connectivity index (χ1) is 7.59. The van der Waals surface area contributed by atoms with Crippen LogP contribution in [0.4, 0.5) is 0 Å². The number of rotatable bonds is 3. The minimum atomic E-state index is -0.534. The Hall–Kier alpha value is -0.900. The van der Waals surface area contributed by atoms with E-state index in [0.29, 0.717) is 13.0 Å². The van der Waals surface area contributed by atoms with E-state index >= 15 is 0 Å². The molecule has 1 N–H and O–H groups in total. The monoisotopic (exact) mass is 240 g/mol. The van der Waals surface area contributed by atoms with Gasteiger partial charge in [0, 0.05) is 19.0 Å². The van der Waals surface area contributed by atoms with E-state index in [1.165, 1.54) is 4.90 Å². The highest BCUT2D eigenvalue weighted by molar-refractivity contribution is 6.05. The van der Waals surface area contributed by atoms with Crippen LogP contribution in [0.5, 0.6) is 0 Å². The number of hydrogen-bond acceptors (Lipinski definition) is 3. The molecule has 1 aliphatic heterocycles. The molecule has 1 aliphatic rings. The van der Waals surface area contributed by atoms with E-state index in [2.05, 4.69) is 26.1 Å². The molecule has 1 rings (SSSR count). The van der Waals surface area contributed by atoms with Gasteiger partial charge in [-0.15, -0.1) is 0 Å². The van der Waals surface area contributed by atoms with Crippen molar-refractivity contribution < 1.29 is 9.59 Å². The maximum Gasteiger partial charge on any atom is 0.235 e. The fraction of sp³-hybridized carbons (Fsp3) is 0.846. The maximum atomic E-state index is 12.1. The van der Waals surface area contributed by atoms with Crippen molar-refractivity contribution in [1.29, 1.82) is 0 Å². The van der Waals surface area contributed by atoms with Crippen molar-refractivity contribution >= 4 is 11.8 Å². The number of carbonyl (C=O) groups excluding carboxylic acids is 2. The number of carbonyl (C=O) groups is 2. The molecule has 0 bridgehead atoms. The summed E-state index contributed by atoms with van der Waals surface area (Å²) < 4.78 is 0. The SMILES string of the molecule is CNC(CN1C(=O)CC(C)(C)C1=O)C(C)(C)C. The summed E-state index contributed by atoms with van der Waals surface area (Å²) in [4.78, 5) is 25.4. The summed E-state index contributed by atoms with van der Waals surface area (Å²) in [6, 6.07) is 0.115. The molecule has 0 aliphatic carbocycles. The largest absolute Gasteiger partial charge is 0.315 e. The lowest BCUT2D eigenvalue weighted by atomic mass is 9.86. The molecule has 4 nitrogen and oxygen atoms in total. The van der Waals surface area contributed by atoms with Crippen LogP contribution in [0.25, 0.3) is 0 Å². The zero-order chi connectivity index (χ0) is 13.4. The molecule has 98 valence electrons. The molecular formula is C13H24N2O2. The Labute approximate surface area is 104 Å². The third-order valence-electron chi connectivity index (χ3n) is 3.48. The van der Waals surface area contributed by atoms with E-state index in [9.17, 15) is 9.59 Å². The van der Waals surface area contributed by atoms with Crippen LogP contribution in [-0.4, -0.2) is 36.3 Å². The average Bonchev–Trinajstić information content (AvgIpc) is 2.32. The minimum Gasteiger partial charge on any atom is -0.315 e. The highest BCUT2D eigenvalue weighted by Gasteiger charge is 2.45. The van der Waals surface area contributed by atoms with Crippen molar-refractivity contribution in [1.82, 2.24) is 10.2 Å². The van der Waals surface area contributed by atoms with Gasteiger partial charge in [-0.05, 0) is 12.5 Å². The summed E-state index contributed by atoms with van der Waals surface area (Å²) in [5.41, 5.74) is -0.519. The summed E-state index contributed by atoms with van der Waals surface area (Å²) in [6.45, 7) is 10.4. The van der Waals surface area contributed by atoms with E-state index in [1.807, 2.05) is 20.9 Å². The van der Waals surface area contributed by atoms with E-state index in [0.717, 1.165) is 0 Å². The molecule has 0 spiro atoms. The van der Waals surface area contributed by atoms with E-state index in [1.54, 1.807) is 0 Å². The molecule has 0 aromatic heterocycles. The van der Waals surface area contributed by atoms with Crippen LogP contribution in [0.3, 0.4) is 0 Å². The van der Waals surface area contributed by atoms with Crippen molar-refractivity contribution in [3.05, 3.63) is 0 Å². The molecule has 0 aromatic carbocycles. The molecule has 4 heteroatoms. The van der Waals surface area contributed by atoms with Crippen molar-refractivity contribution in [3.8, 4) is 0 Å². The van der Waals surface area contributed by atoms with Gasteiger partial charge in [0.15, 0.2) is 0 Å². The predicted molar refractivity (Wildman–Crippen MR) is 67.4 cm³/mol. The van der Waals surface area contributed by atoms with Gasteiger partial charge in [-0.2, -0.15) is 0 Å². The lowest BCUT2D eigenvalue weighted by molar-refractivity contribution is -0.141. The van der Waals surface area contributed by atoms with Gasteiger partial charge in [-0.3, -0.25) is 14.5 Å². The Morgan fingerprint density at radius 2 is 1.88 bits per heavy atom. The summed E-state index contributed by atoms with van der Waals surface area (Å²) in [6.07, 6.45) is 0.326. The normalized spacial score (nSPS) is 22.1. The molecular weight excluding hydrogens is 216 g/mol. The Kier molecular flexibility index (Phi) is 3.67. The van der Waals surface area contributed by atoms with Gasteiger partial charge in [0.25, 0.3) is 0 Å². The third-order valence-corrected chi connectivity index (χ3v) is 3.48. The number of likely N-dealkylation sites (N-methyl/N-ethyl adjacent to an activating group) is 1. The molecule has 0 radical (unpaired) electrons. The predicted octanol–water partition coefficient (Wildman–Crippen LogP) is 1.41. The number of nitrogens with one attached hydrogen (secondary N) is 1. The smallest absolute Gasteiger partial charge is 0.235 e. The summed E-state index contributed by atoms with van der Waals surface area (Å²) in [5.74, 6) is -0.100. The third kappa shape index (κ3) is 2.86. The number of amides is 2. The van der Waals surface area contributed by atoms with Crippen molar-refractivity contribution in [3.63, 3.8) is 0 Å². The van der Waals surface area contributed by atoms with Gasteiger partial charge < -0.3 is 5.32 Å². The highest BCUT2D eigenvalue weighted by Crippen LogP contribution is 2.32. The van der Waals surface area contributed by atoms with Crippen LogP contribution in [0.15, 0.2) is 0 Å². The quantitative estimate of drug-likeness (QED) is 0.759. The molecule has 1 heterocycles. The van der Waals surface area contributed by atoms with Crippen LogP contribution in [0.1, 0.15) is 41.0 Å². The van der Waals surface area contributed by atoms with Gasteiger partial charge in [-0.25, -0.2) is 0 Å². The molecule has 17 heavy (non-hydrogen) atoms. The van der Waals surface area contributed by atoms with Crippen LogP contribution >= 0.6 is 0 Å². The first-order valence-electron chi connectivity index (χ1n) is 6.11. The van der Waals surface area contributed by atoms with Gasteiger partial charge >= 0.3 is 0 Å². The first-order valence-corrected chi connectivity index (χ1v) is 6.11. The second kappa shape index (κ2) is 4.41. The van der Waals surface area contributed by atoms with E-state index in [-0.39, 0.29) is 23.3 Å².